The molecular formula is C22H32ClN3O3. The molecule has 1 aliphatic rings. The first-order chi connectivity index (χ1) is 13.9. The minimum absolute atomic E-state index is 0.149. The number of halogens is 1. The molecule has 1 fully saturated rings. The van der Waals surface area contributed by atoms with Crippen molar-refractivity contribution in [3.8, 4) is 0 Å². The average molecular weight is 422 g/mol. The zero-order valence-electron chi connectivity index (χ0n) is 18.0. The van der Waals surface area contributed by atoms with E-state index in [4.69, 9.17) is 16.1 Å². The number of hydrogen-bond acceptors (Lipinski definition) is 4. The molecule has 3 rings (SSSR count). The Kier molecular flexibility index (Phi) is 11.1. The molecule has 0 N–H and O–H groups in total. The lowest BCUT2D eigenvalue weighted by atomic mass is 10.2. The molecule has 2 amide bonds. The number of aromatic nitrogens is 1. The van der Waals surface area contributed by atoms with Crippen molar-refractivity contribution in [1.29, 1.82) is 0 Å². The first-order valence-corrected chi connectivity index (χ1v) is 10.4. The molecule has 6 nitrogen and oxygen atoms in total. The van der Waals surface area contributed by atoms with E-state index in [9.17, 15) is 9.59 Å². The largest absolute Gasteiger partial charge is 0.361 e. The van der Waals surface area contributed by atoms with Crippen LogP contribution in [0.1, 0.15) is 50.6 Å². The van der Waals surface area contributed by atoms with Gasteiger partial charge in [0, 0.05) is 37.3 Å². The Morgan fingerprint density at radius 1 is 1.34 bits per heavy atom. The standard InChI is InChI=1S/C11H16N2O2.C9H10ClNO.C2H6/c1-8-6-10(15-12-8)7-11(14)13-5-3-4-9(13)2;1-11(7-12)6-8-2-4-9(10)5-3-8;1-2/h6,9H,3-5,7H2,1-2H3;2-5,7H,6H2,1H3;1-2H3. The number of benzene rings is 1. The van der Waals surface area contributed by atoms with Crippen molar-refractivity contribution < 1.29 is 14.1 Å². The van der Waals surface area contributed by atoms with E-state index in [1.54, 1.807) is 11.9 Å². The third kappa shape index (κ3) is 8.69. The van der Waals surface area contributed by atoms with Crippen LogP contribution in [-0.2, 0) is 22.6 Å². The Morgan fingerprint density at radius 3 is 2.48 bits per heavy atom. The van der Waals surface area contributed by atoms with E-state index in [0.29, 0.717) is 29.8 Å². The van der Waals surface area contributed by atoms with Crippen LogP contribution in [-0.4, -0.2) is 46.9 Å². The quantitative estimate of drug-likeness (QED) is 0.667. The molecule has 0 saturated carbocycles. The summed E-state index contributed by atoms with van der Waals surface area (Å²) in [6.07, 6.45) is 3.36. The second-order valence-corrected chi connectivity index (χ2v) is 7.27. The van der Waals surface area contributed by atoms with Crippen LogP contribution >= 0.6 is 11.6 Å². The predicted octanol–water partition coefficient (Wildman–Crippen LogP) is 4.49. The Bertz CT molecular complexity index is 746. The van der Waals surface area contributed by atoms with E-state index in [-0.39, 0.29) is 5.91 Å². The number of carbonyl (C=O) groups is 2. The summed E-state index contributed by atoms with van der Waals surface area (Å²) in [5.74, 6) is 0.813. The van der Waals surface area contributed by atoms with E-state index >= 15 is 0 Å². The summed E-state index contributed by atoms with van der Waals surface area (Å²) in [5, 5.41) is 4.48. The van der Waals surface area contributed by atoms with Crippen LogP contribution < -0.4 is 0 Å². The van der Waals surface area contributed by atoms with Gasteiger partial charge in [-0.15, -0.1) is 0 Å². The van der Waals surface area contributed by atoms with Crippen molar-refractivity contribution in [1.82, 2.24) is 15.0 Å². The Labute approximate surface area is 178 Å². The number of likely N-dealkylation sites (tertiary alicyclic amines) is 1. The molecule has 1 aromatic heterocycles. The number of amides is 2. The van der Waals surface area contributed by atoms with Crippen molar-refractivity contribution in [2.45, 2.75) is 59.5 Å². The molecule has 7 heteroatoms. The number of nitrogens with zero attached hydrogens (tertiary/aromatic N) is 3. The molecule has 29 heavy (non-hydrogen) atoms. The van der Waals surface area contributed by atoms with Gasteiger partial charge in [-0.25, -0.2) is 0 Å². The van der Waals surface area contributed by atoms with Gasteiger partial charge in [-0.1, -0.05) is 42.7 Å². The van der Waals surface area contributed by atoms with Crippen molar-refractivity contribution in [2.75, 3.05) is 13.6 Å². The molecular weight excluding hydrogens is 390 g/mol. The second kappa shape index (κ2) is 13.0. The highest BCUT2D eigenvalue weighted by Crippen LogP contribution is 2.18. The summed E-state index contributed by atoms with van der Waals surface area (Å²) in [5.41, 5.74) is 1.90. The maximum atomic E-state index is 11.9. The summed E-state index contributed by atoms with van der Waals surface area (Å²) in [7, 11) is 1.74. The van der Waals surface area contributed by atoms with Crippen LogP contribution in [0, 0.1) is 6.92 Å². The lowest BCUT2D eigenvalue weighted by Gasteiger charge is -2.20. The van der Waals surface area contributed by atoms with Gasteiger partial charge in [0.15, 0.2) is 0 Å². The first-order valence-electron chi connectivity index (χ1n) is 10.0. The molecule has 0 bridgehead atoms. The average Bonchev–Trinajstić information content (AvgIpc) is 3.33. The maximum Gasteiger partial charge on any atom is 0.230 e. The molecule has 0 aliphatic carbocycles. The van der Waals surface area contributed by atoms with Gasteiger partial charge in [0.25, 0.3) is 0 Å². The monoisotopic (exact) mass is 421 g/mol. The lowest BCUT2D eigenvalue weighted by Crippen LogP contribution is -2.34. The fourth-order valence-electron chi connectivity index (χ4n) is 2.97. The molecule has 1 aliphatic heterocycles. The molecule has 1 aromatic carbocycles. The third-order valence-electron chi connectivity index (χ3n) is 4.40. The minimum Gasteiger partial charge on any atom is -0.361 e. The van der Waals surface area contributed by atoms with Gasteiger partial charge in [-0.2, -0.15) is 0 Å². The van der Waals surface area contributed by atoms with Gasteiger partial charge in [0.1, 0.15) is 5.76 Å². The van der Waals surface area contributed by atoms with E-state index in [1.165, 1.54) is 0 Å². The van der Waals surface area contributed by atoms with Crippen molar-refractivity contribution in [3.63, 3.8) is 0 Å². The molecule has 0 spiro atoms. The van der Waals surface area contributed by atoms with Crippen LogP contribution in [0.5, 0.6) is 0 Å². The molecule has 2 heterocycles. The van der Waals surface area contributed by atoms with Gasteiger partial charge in [-0.3, -0.25) is 9.59 Å². The number of aryl methyl sites for hydroxylation is 1. The van der Waals surface area contributed by atoms with Crippen molar-refractivity contribution in [2.24, 2.45) is 0 Å². The molecule has 0 radical (unpaired) electrons. The summed E-state index contributed by atoms with van der Waals surface area (Å²) >= 11 is 5.70. The molecule has 160 valence electrons. The Hall–Kier alpha value is -2.34. The minimum atomic E-state index is 0.149. The van der Waals surface area contributed by atoms with Crippen molar-refractivity contribution >= 4 is 23.9 Å². The van der Waals surface area contributed by atoms with Crippen LogP contribution in [0.3, 0.4) is 0 Å². The normalized spacial score (nSPS) is 15.0. The van der Waals surface area contributed by atoms with Gasteiger partial charge >= 0.3 is 0 Å². The van der Waals surface area contributed by atoms with Crippen LogP contribution in [0.2, 0.25) is 5.02 Å². The maximum absolute atomic E-state index is 11.9. The topological polar surface area (TPSA) is 66.7 Å². The van der Waals surface area contributed by atoms with E-state index < -0.39 is 0 Å². The predicted molar refractivity (Wildman–Crippen MR) is 116 cm³/mol. The first kappa shape index (κ1) is 24.7. The van der Waals surface area contributed by atoms with Crippen molar-refractivity contribution in [3.05, 3.63) is 52.4 Å². The fourth-order valence-corrected chi connectivity index (χ4v) is 3.10. The highest BCUT2D eigenvalue weighted by Gasteiger charge is 2.25. The summed E-state index contributed by atoms with van der Waals surface area (Å²) in [4.78, 5) is 25.6. The van der Waals surface area contributed by atoms with Gasteiger partial charge < -0.3 is 14.3 Å². The zero-order chi connectivity index (χ0) is 21.8. The SMILES string of the molecule is CC.CN(C=O)Cc1ccc(Cl)cc1.Cc1cc(CC(=O)N2CCCC2C)on1. The lowest BCUT2D eigenvalue weighted by molar-refractivity contribution is -0.131. The number of hydrogen-bond donors (Lipinski definition) is 0. The third-order valence-corrected chi connectivity index (χ3v) is 4.65. The number of rotatable bonds is 5. The number of carbonyl (C=O) groups excluding carboxylic acids is 2. The van der Waals surface area contributed by atoms with Crippen LogP contribution in [0.15, 0.2) is 34.9 Å². The molecule has 1 unspecified atom stereocenters. The van der Waals surface area contributed by atoms with E-state index in [0.717, 1.165) is 37.1 Å². The smallest absolute Gasteiger partial charge is 0.230 e. The fraction of sp³-hybridized carbons (Fsp3) is 0.500. The highest BCUT2D eigenvalue weighted by molar-refractivity contribution is 6.30. The van der Waals surface area contributed by atoms with Crippen LogP contribution in [0.4, 0.5) is 0 Å². The second-order valence-electron chi connectivity index (χ2n) is 6.84. The van der Waals surface area contributed by atoms with E-state index in [1.807, 2.05) is 56.0 Å². The summed E-state index contributed by atoms with van der Waals surface area (Å²) in [6, 6.07) is 9.63. The Morgan fingerprint density at radius 2 is 2.00 bits per heavy atom. The summed E-state index contributed by atoms with van der Waals surface area (Å²) < 4.78 is 5.03. The van der Waals surface area contributed by atoms with Gasteiger partial charge in [0.2, 0.25) is 12.3 Å². The zero-order valence-corrected chi connectivity index (χ0v) is 18.8. The molecule has 2 aromatic rings. The van der Waals surface area contributed by atoms with Gasteiger partial charge in [-0.05, 0) is 44.4 Å². The summed E-state index contributed by atoms with van der Waals surface area (Å²) in [6.45, 7) is 9.46. The molecule has 1 saturated heterocycles. The van der Waals surface area contributed by atoms with E-state index in [2.05, 4.69) is 12.1 Å². The highest BCUT2D eigenvalue weighted by atomic mass is 35.5. The van der Waals surface area contributed by atoms with Crippen LogP contribution in [0.25, 0.3) is 0 Å². The molecule has 1 atom stereocenters. The Balaban J connectivity index is 0.000000273. The van der Waals surface area contributed by atoms with Gasteiger partial charge in [0.05, 0.1) is 12.1 Å².